The van der Waals surface area contributed by atoms with E-state index in [1.807, 2.05) is 43.4 Å². The summed E-state index contributed by atoms with van der Waals surface area (Å²) in [5.74, 6) is 2.31. The van der Waals surface area contributed by atoms with Crippen molar-refractivity contribution in [2.75, 3.05) is 21.3 Å². The van der Waals surface area contributed by atoms with Crippen LogP contribution >= 0.6 is 0 Å². The molecule has 5 heteroatoms. The summed E-state index contributed by atoms with van der Waals surface area (Å²) < 4.78 is 21.5. The van der Waals surface area contributed by atoms with E-state index >= 15 is 0 Å². The Morgan fingerprint density at radius 1 is 1.08 bits per heavy atom. The lowest BCUT2D eigenvalue weighted by Crippen LogP contribution is -1.95. The van der Waals surface area contributed by atoms with Crippen LogP contribution in [0.1, 0.15) is 12.7 Å². The average molecular weight is 327 g/mol. The normalized spacial score (nSPS) is 11.6. The van der Waals surface area contributed by atoms with Crippen molar-refractivity contribution in [2.45, 2.75) is 6.92 Å². The molecular formula is C19H21NO4. The Hall–Kier alpha value is -2.95. The van der Waals surface area contributed by atoms with E-state index in [9.17, 15) is 0 Å². The molecule has 0 spiro atoms. The molecule has 5 nitrogen and oxygen atoms in total. The zero-order chi connectivity index (χ0) is 17.5. The molecule has 1 aromatic heterocycles. The maximum atomic E-state index is 5.46. The topological polar surface area (TPSA) is 53.7 Å². The van der Waals surface area contributed by atoms with Crippen LogP contribution in [0, 0.1) is 0 Å². The van der Waals surface area contributed by atoms with Crippen molar-refractivity contribution in [1.82, 2.24) is 5.16 Å². The largest absolute Gasteiger partial charge is 0.493 e. The first kappa shape index (κ1) is 17.4. The van der Waals surface area contributed by atoms with Gasteiger partial charge in [0.25, 0.3) is 0 Å². The summed E-state index contributed by atoms with van der Waals surface area (Å²) >= 11 is 0. The van der Waals surface area contributed by atoms with Crippen LogP contribution in [0.15, 0.2) is 53.6 Å². The number of methoxy groups -OCH3 is 3. The summed E-state index contributed by atoms with van der Waals surface area (Å²) in [7, 11) is 4.72. The van der Waals surface area contributed by atoms with Crippen LogP contribution in [-0.2, 0) is 0 Å². The summed E-state index contributed by atoms with van der Waals surface area (Å²) in [5, 5.41) is 4.14. The van der Waals surface area contributed by atoms with Crippen LogP contribution < -0.4 is 14.2 Å². The van der Waals surface area contributed by atoms with Crippen LogP contribution in [0.3, 0.4) is 0 Å². The predicted octanol–water partition coefficient (Wildman–Crippen LogP) is 4.51. The van der Waals surface area contributed by atoms with Gasteiger partial charge < -0.3 is 18.7 Å². The van der Waals surface area contributed by atoms with Gasteiger partial charge >= 0.3 is 0 Å². The second-order valence-electron chi connectivity index (χ2n) is 4.85. The van der Waals surface area contributed by atoms with Crippen LogP contribution in [0.25, 0.3) is 16.8 Å². The molecule has 0 saturated carbocycles. The second-order valence-corrected chi connectivity index (χ2v) is 4.85. The first-order chi connectivity index (χ1) is 11.7. The molecule has 2 aromatic rings. The molecular weight excluding hydrogens is 306 g/mol. The molecule has 0 unspecified atom stereocenters. The molecule has 24 heavy (non-hydrogen) atoms. The molecule has 0 aliphatic carbocycles. The number of rotatable bonds is 7. The van der Waals surface area contributed by atoms with E-state index in [0.29, 0.717) is 28.7 Å². The fraction of sp³-hybridized carbons (Fsp3) is 0.211. The van der Waals surface area contributed by atoms with E-state index in [-0.39, 0.29) is 0 Å². The summed E-state index contributed by atoms with van der Waals surface area (Å²) in [5.41, 5.74) is 2.36. The molecule has 1 aromatic carbocycles. The molecule has 0 atom stereocenters. The molecule has 0 radical (unpaired) electrons. The van der Waals surface area contributed by atoms with Gasteiger partial charge in [-0.3, -0.25) is 0 Å². The number of nitrogens with zero attached hydrogens (tertiary/aromatic N) is 1. The van der Waals surface area contributed by atoms with Crippen molar-refractivity contribution in [3.63, 3.8) is 0 Å². The number of hydrogen-bond acceptors (Lipinski definition) is 5. The Kier molecular flexibility index (Phi) is 5.84. The van der Waals surface area contributed by atoms with Crippen molar-refractivity contribution in [3.05, 3.63) is 54.8 Å². The van der Waals surface area contributed by atoms with E-state index in [1.165, 1.54) is 0 Å². The number of benzene rings is 1. The van der Waals surface area contributed by atoms with Crippen molar-refractivity contribution in [2.24, 2.45) is 0 Å². The maximum absolute atomic E-state index is 5.46. The van der Waals surface area contributed by atoms with Crippen molar-refractivity contribution >= 4 is 5.57 Å². The van der Waals surface area contributed by atoms with Crippen LogP contribution in [0.2, 0.25) is 0 Å². The standard InChI is InChI=1S/C19H21NO4/c1-6-8-13(9-7-2)16-12-15(20-24-16)14-10-17(21-3)19(23-5)18(11-14)22-4/h6-12H,1H2,2-5H3/b9-7-,13-8+. The van der Waals surface area contributed by atoms with Gasteiger partial charge in [-0.05, 0) is 19.1 Å². The number of allylic oxidation sites excluding steroid dienone is 5. The molecule has 0 fully saturated rings. The van der Waals surface area contributed by atoms with Crippen molar-refractivity contribution < 1.29 is 18.7 Å². The lowest BCUT2D eigenvalue weighted by Gasteiger charge is -2.13. The third kappa shape index (κ3) is 3.51. The number of hydrogen-bond donors (Lipinski definition) is 0. The van der Waals surface area contributed by atoms with Crippen molar-refractivity contribution in [3.8, 4) is 28.5 Å². The fourth-order valence-electron chi connectivity index (χ4n) is 2.30. The highest BCUT2D eigenvalue weighted by Crippen LogP contribution is 2.41. The highest BCUT2D eigenvalue weighted by Gasteiger charge is 2.16. The molecule has 2 rings (SSSR count). The molecule has 0 amide bonds. The predicted molar refractivity (Wildman–Crippen MR) is 94.6 cm³/mol. The second kappa shape index (κ2) is 8.06. The van der Waals surface area contributed by atoms with Gasteiger partial charge in [-0.1, -0.05) is 36.0 Å². The minimum absolute atomic E-state index is 0.536. The third-order valence-corrected chi connectivity index (χ3v) is 3.40. The van der Waals surface area contributed by atoms with Gasteiger partial charge in [0.1, 0.15) is 5.69 Å². The molecule has 126 valence electrons. The average Bonchev–Trinajstić information content (AvgIpc) is 3.10. The SMILES string of the molecule is C=C/C=C(\C=C/C)c1cc(-c2cc(OC)c(OC)c(OC)c2)no1. The summed E-state index contributed by atoms with van der Waals surface area (Å²) in [6.07, 6.45) is 7.43. The fourth-order valence-corrected chi connectivity index (χ4v) is 2.30. The first-order valence-electron chi connectivity index (χ1n) is 7.41. The monoisotopic (exact) mass is 327 g/mol. The van der Waals surface area contributed by atoms with Gasteiger partial charge in [-0.25, -0.2) is 0 Å². The van der Waals surface area contributed by atoms with Crippen LogP contribution in [-0.4, -0.2) is 26.5 Å². The minimum atomic E-state index is 0.536. The highest BCUT2D eigenvalue weighted by molar-refractivity contribution is 5.76. The maximum Gasteiger partial charge on any atom is 0.203 e. The van der Waals surface area contributed by atoms with Crippen LogP contribution in [0.5, 0.6) is 17.2 Å². The zero-order valence-corrected chi connectivity index (χ0v) is 14.3. The van der Waals surface area contributed by atoms with Gasteiger partial charge in [0.15, 0.2) is 17.3 Å². The van der Waals surface area contributed by atoms with E-state index in [4.69, 9.17) is 18.7 Å². The van der Waals surface area contributed by atoms with Crippen molar-refractivity contribution in [1.29, 1.82) is 0 Å². The minimum Gasteiger partial charge on any atom is -0.493 e. The molecule has 1 heterocycles. The summed E-state index contributed by atoms with van der Waals surface area (Å²) in [6.45, 7) is 5.66. The molecule has 0 aliphatic rings. The lowest BCUT2D eigenvalue weighted by atomic mass is 10.1. The van der Waals surface area contributed by atoms with Gasteiger partial charge in [0.2, 0.25) is 5.75 Å². The Bertz CT molecular complexity index is 746. The first-order valence-corrected chi connectivity index (χ1v) is 7.41. The van der Waals surface area contributed by atoms with E-state index in [2.05, 4.69) is 11.7 Å². The summed E-state index contributed by atoms with van der Waals surface area (Å²) in [6, 6.07) is 5.51. The van der Waals surface area contributed by atoms with Gasteiger partial charge in [0.05, 0.1) is 21.3 Å². The number of ether oxygens (including phenoxy) is 3. The van der Waals surface area contributed by atoms with Crippen LogP contribution in [0.4, 0.5) is 0 Å². The zero-order valence-electron chi connectivity index (χ0n) is 14.3. The lowest BCUT2D eigenvalue weighted by molar-refractivity contribution is 0.324. The summed E-state index contributed by atoms with van der Waals surface area (Å²) in [4.78, 5) is 0. The Balaban J connectivity index is 2.50. The third-order valence-electron chi connectivity index (χ3n) is 3.40. The molecule has 0 saturated heterocycles. The quantitative estimate of drug-likeness (QED) is 0.700. The van der Waals surface area contributed by atoms with E-state index < -0.39 is 0 Å². The van der Waals surface area contributed by atoms with E-state index in [1.54, 1.807) is 27.4 Å². The molecule has 0 bridgehead atoms. The molecule has 0 aliphatic heterocycles. The van der Waals surface area contributed by atoms with Gasteiger partial charge in [-0.2, -0.15) is 0 Å². The van der Waals surface area contributed by atoms with Gasteiger partial charge in [0, 0.05) is 17.2 Å². The van der Waals surface area contributed by atoms with E-state index in [0.717, 1.165) is 11.1 Å². The molecule has 0 N–H and O–H groups in total. The Morgan fingerprint density at radius 2 is 1.75 bits per heavy atom. The Labute approximate surface area is 141 Å². The number of aromatic nitrogens is 1. The Morgan fingerprint density at radius 3 is 2.25 bits per heavy atom. The highest BCUT2D eigenvalue weighted by atomic mass is 16.5. The smallest absolute Gasteiger partial charge is 0.203 e. The van der Waals surface area contributed by atoms with Gasteiger partial charge in [-0.15, -0.1) is 0 Å².